The maximum absolute atomic E-state index is 4.98. The number of hydrogen-bond acceptors (Lipinski definition) is 1. The average Bonchev–Trinajstić information content (AvgIpc) is 3.08. The first-order valence-corrected chi connectivity index (χ1v) is 11.7. The van der Waals surface area contributed by atoms with Gasteiger partial charge in [0, 0.05) is 13.2 Å². The van der Waals surface area contributed by atoms with Crippen LogP contribution in [-0.4, -0.2) is 40.6 Å². The Bertz CT molecular complexity index is 266. The summed E-state index contributed by atoms with van der Waals surface area (Å²) in [4.78, 5) is 4.98. The summed E-state index contributed by atoms with van der Waals surface area (Å²) >= 11 is 0. The summed E-state index contributed by atoms with van der Waals surface area (Å²) in [5.41, 5.74) is 0.839. The molecule has 1 aliphatic carbocycles. The molecule has 0 aromatic rings. The molecule has 1 saturated carbocycles. The van der Waals surface area contributed by atoms with Gasteiger partial charge in [-0.1, -0.05) is 48.0 Å². The van der Waals surface area contributed by atoms with E-state index in [9.17, 15) is 0 Å². The van der Waals surface area contributed by atoms with Crippen LogP contribution in [0.2, 0.25) is 18.6 Å². The normalized spacial score (nSPS) is 22.4. The monoisotopic (exact) mass is 363 g/mol. The summed E-state index contributed by atoms with van der Waals surface area (Å²) in [6, 6.07) is 0.458. The molecule has 5 heteroatoms. The summed E-state index contributed by atoms with van der Waals surface area (Å²) in [7, 11) is -1.38. The van der Waals surface area contributed by atoms with Gasteiger partial charge in [-0.25, -0.2) is 0 Å². The van der Waals surface area contributed by atoms with Crippen LogP contribution in [0.5, 0.6) is 0 Å². The van der Waals surface area contributed by atoms with Gasteiger partial charge in [0.1, 0.15) is 0 Å². The molecular weight excluding hydrogens is 328 g/mol. The molecule has 0 bridgehead atoms. The van der Waals surface area contributed by atoms with Crippen molar-refractivity contribution in [3.63, 3.8) is 0 Å². The Morgan fingerprint density at radius 2 is 1.77 bits per heavy atom. The molecule has 1 saturated heterocycles. The number of rotatable bonds is 6. The van der Waals surface area contributed by atoms with Crippen molar-refractivity contribution in [1.82, 2.24) is 0 Å². The van der Waals surface area contributed by atoms with Crippen molar-refractivity contribution in [3.05, 3.63) is 16.2 Å². The van der Waals surface area contributed by atoms with E-state index in [1.807, 2.05) is 0 Å². The fraction of sp³-hybridized carbons (Fsp3) is 0.941. The SMILES string of the molecule is C1CCOC1.C[C-]1CCCC1[Si](C)(C)[N-]CC[N-]C(C)C.[Cr+3]. The van der Waals surface area contributed by atoms with Gasteiger partial charge in [-0.2, -0.15) is 32.0 Å². The molecule has 1 radical (unpaired) electrons. The predicted octanol–water partition coefficient (Wildman–Crippen LogP) is 5.29. The van der Waals surface area contributed by atoms with E-state index in [2.05, 4.69) is 39.2 Å². The molecule has 129 valence electrons. The van der Waals surface area contributed by atoms with Gasteiger partial charge < -0.3 is 21.0 Å². The van der Waals surface area contributed by atoms with Crippen molar-refractivity contribution in [3.8, 4) is 0 Å². The molecular formula is C17H35CrN2OSi. The van der Waals surface area contributed by atoms with E-state index < -0.39 is 8.24 Å². The molecule has 2 fully saturated rings. The largest absolute Gasteiger partial charge is 3.00 e. The minimum absolute atomic E-state index is 0. The summed E-state index contributed by atoms with van der Waals surface area (Å²) < 4.78 is 4.94. The molecule has 1 aliphatic heterocycles. The van der Waals surface area contributed by atoms with E-state index in [0.29, 0.717) is 6.04 Å². The van der Waals surface area contributed by atoms with Crippen LogP contribution < -0.4 is 0 Å². The smallest absolute Gasteiger partial charge is 0.668 e. The van der Waals surface area contributed by atoms with Gasteiger partial charge in [-0.3, -0.25) is 0 Å². The zero-order chi connectivity index (χ0) is 15.7. The van der Waals surface area contributed by atoms with Crippen molar-refractivity contribution in [2.24, 2.45) is 0 Å². The van der Waals surface area contributed by atoms with Crippen LogP contribution >= 0.6 is 0 Å². The van der Waals surface area contributed by atoms with Crippen LogP contribution in [0, 0.1) is 5.92 Å². The Labute approximate surface area is 150 Å². The number of nitrogens with zero attached hydrogens (tertiary/aromatic N) is 2. The summed E-state index contributed by atoms with van der Waals surface area (Å²) in [5, 5.41) is 4.49. The fourth-order valence-corrected chi connectivity index (χ4v) is 6.39. The van der Waals surface area contributed by atoms with E-state index in [0.717, 1.165) is 31.8 Å². The Morgan fingerprint density at radius 1 is 1.14 bits per heavy atom. The molecule has 2 rings (SSSR count). The molecule has 0 amide bonds. The summed E-state index contributed by atoms with van der Waals surface area (Å²) in [5.74, 6) is 1.71. The molecule has 0 aromatic heterocycles. The molecule has 1 heterocycles. The second kappa shape index (κ2) is 12.1. The molecule has 1 atom stereocenters. The second-order valence-corrected chi connectivity index (χ2v) is 11.5. The fourth-order valence-electron chi connectivity index (χ4n) is 3.24. The van der Waals surface area contributed by atoms with Gasteiger partial charge in [0.05, 0.1) is 0 Å². The topological polar surface area (TPSA) is 37.4 Å². The van der Waals surface area contributed by atoms with Gasteiger partial charge >= 0.3 is 17.4 Å². The predicted molar refractivity (Wildman–Crippen MR) is 95.6 cm³/mol. The molecule has 0 aromatic carbocycles. The van der Waals surface area contributed by atoms with Crippen LogP contribution in [-0.2, 0) is 22.1 Å². The zero-order valence-corrected chi connectivity index (χ0v) is 17.5. The van der Waals surface area contributed by atoms with Crippen molar-refractivity contribution < 1.29 is 22.1 Å². The van der Waals surface area contributed by atoms with E-state index in [1.54, 1.807) is 5.92 Å². The summed E-state index contributed by atoms with van der Waals surface area (Å²) in [6.45, 7) is 15.3. The van der Waals surface area contributed by atoms with Crippen molar-refractivity contribution in [2.45, 2.75) is 77.6 Å². The Morgan fingerprint density at radius 3 is 2.18 bits per heavy atom. The van der Waals surface area contributed by atoms with Gasteiger partial charge in [0.25, 0.3) is 0 Å². The third kappa shape index (κ3) is 9.05. The van der Waals surface area contributed by atoms with Crippen LogP contribution in [0.4, 0.5) is 0 Å². The van der Waals surface area contributed by atoms with E-state index in [1.165, 1.54) is 32.1 Å². The molecule has 1 unspecified atom stereocenters. The van der Waals surface area contributed by atoms with E-state index >= 15 is 0 Å². The van der Waals surface area contributed by atoms with Crippen LogP contribution in [0.15, 0.2) is 0 Å². The molecule has 0 spiro atoms. The van der Waals surface area contributed by atoms with Crippen molar-refractivity contribution in [2.75, 3.05) is 26.3 Å². The van der Waals surface area contributed by atoms with Gasteiger partial charge in [0.15, 0.2) is 0 Å². The maximum Gasteiger partial charge on any atom is 3.00 e. The van der Waals surface area contributed by atoms with Gasteiger partial charge in [-0.15, -0.1) is 6.04 Å². The minimum Gasteiger partial charge on any atom is -0.668 e. The Hall–Kier alpha value is 0.629. The standard InChI is InChI=1S/C13H27N2Si.C4H8O.Cr/c1-11(2)14-9-10-15-16(4,5)13-8-6-7-12(13)3;1-2-4-5-3-1;/h11,13H,6-10H2,1-5H3;1-4H2;/q-3;;+3. The molecule has 22 heavy (non-hydrogen) atoms. The molecule has 3 nitrogen and oxygen atoms in total. The summed E-state index contributed by atoms with van der Waals surface area (Å²) in [6.07, 6.45) is 6.67. The molecule has 0 N–H and O–H groups in total. The van der Waals surface area contributed by atoms with Crippen LogP contribution in [0.1, 0.15) is 52.9 Å². The Kier molecular flexibility index (Phi) is 12.4. The first-order valence-electron chi connectivity index (χ1n) is 8.69. The zero-order valence-electron chi connectivity index (χ0n) is 15.2. The Balaban J connectivity index is 0.000000622. The second-order valence-electron chi connectivity index (χ2n) is 7.15. The quantitative estimate of drug-likeness (QED) is 0.359. The average molecular weight is 364 g/mol. The van der Waals surface area contributed by atoms with Crippen molar-refractivity contribution in [1.29, 1.82) is 0 Å². The van der Waals surface area contributed by atoms with Gasteiger partial charge in [-0.05, 0) is 12.8 Å². The number of hydrogen-bond donors (Lipinski definition) is 0. The molecule has 2 aliphatic rings. The van der Waals surface area contributed by atoms with Crippen LogP contribution in [0.25, 0.3) is 10.3 Å². The third-order valence-corrected chi connectivity index (χ3v) is 7.98. The number of ether oxygens (including phenoxy) is 1. The van der Waals surface area contributed by atoms with Gasteiger partial charge in [0.2, 0.25) is 0 Å². The third-order valence-electron chi connectivity index (χ3n) is 4.45. The van der Waals surface area contributed by atoms with E-state index in [4.69, 9.17) is 9.72 Å². The van der Waals surface area contributed by atoms with Crippen molar-refractivity contribution >= 4 is 8.24 Å². The maximum atomic E-state index is 4.98. The minimum atomic E-state index is -1.38. The first-order chi connectivity index (χ1) is 9.93. The van der Waals surface area contributed by atoms with Crippen LogP contribution in [0.3, 0.4) is 0 Å². The van der Waals surface area contributed by atoms with E-state index in [-0.39, 0.29) is 17.4 Å². The first kappa shape index (κ1) is 22.6.